The van der Waals surface area contributed by atoms with Crippen molar-refractivity contribution in [3.63, 3.8) is 0 Å². The summed E-state index contributed by atoms with van der Waals surface area (Å²) in [6, 6.07) is 13.8. The minimum absolute atomic E-state index is 0.0242. The van der Waals surface area contributed by atoms with Crippen molar-refractivity contribution in [2.24, 2.45) is 0 Å². The van der Waals surface area contributed by atoms with Gasteiger partial charge in [-0.1, -0.05) is 12.1 Å². The van der Waals surface area contributed by atoms with Crippen LogP contribution in [0.25, 0.3) is 10.4 Å². The van der Waals surface area contributed by atoms with Gasteiger partial charge >= 0.3 is 0 Å². The fourth-order valence-electron chi connectivity index (χ4n) is 2.99. The molecule has 0 bridgehead atoms. The number of hydrogen-bond acceptors (Lipinski definition) is 4. The van der Waals surface area contributed by atoms with Crippen LogP contribution in [0.3, 0.4) is 0 Å². The third-order valence-corrected chi connectivity index (χ3v) is 5.54. The number of fused-ring (bicyclic) bond motifs is 3. The van der Waals surface area contributed by atoms with Crippen LogP contribution in [0.15, 0.2) is 53.1 Å². The Kier molecular flexibility index (Phi) is 4.32. The summed E-state index contributed by atoms with van der Waals surface area (Å²) in [5.41, 5.74) is 2.15. The van der Waals surface area contributed by atoms with Crippen molar-refractivity contribution < 1.29 is 13.9 Å². The number of hydrogen-bond donors (Lipinski definition) is 1. The molecule has 1 N–H and O–H groups in total. The Balaban J connectivity index is 1.44. The zero-order valence-corrected chi connectivity index (χ0v) is 14.8. The second kappa shape index (κ2) is 6.76. The Labute approximate surface area is 150 Å². The number of ether oxygens (including phenoxy) is 1. The minimum Gasteiger partial charge on any atom is -0.488 e. The molecule has 0 saturated carbocycles. The second-order valence-electron chi connectivity index (χ2n) is 6.24. The van der Waals surface area contributed by atoms with Gasteiger partial charge in [0, 0.05) is 28.5 Å². The van der Waals surface area contributed by atoms with Gasteiger partial charge in [-0.3, -0.25) is 4.79 Å². The number of furan rings is 1. The molecule has 3 aromatic rings. The normalized spacial score (nSPS) is 13.5. The molecule has 0 aliphatic carbocycles. The fourth-order valence-corrected chi connectivity index (χ4v) is 4.09. The molecule has 0 unspecified atom stereocenters. The quantitative estimate of drug-likeness (QED) is 0.726. The first-order valence-corrected chi connectivity index (χ1v) is 9.20. The zero-order valence-electron chi connectivity index (χ0n) is 14.0. The highest BCUT2D eigenvalue weighted by Gasteiger charge is 2.22. The first kappa shape index (κ1) is 16.0. The van der Waals surface area contributed by atoms with Gasteiger partial charge in [0.05, 0.1) is 11.1 Å². The predicted molar refractivity (Wildman–Crippen MR) is 98.0 cm³/mol. The van der Waals surface area contributed by atoms with Gasteiger partial charge in [-0.25, -0.2) is 0 Å². The van der Waals surface area contributed by atoms with E-state index in [0.29, 0.717) is 6.61 Å². The van der Waals surface area contributed by atoms with Crippen LogP contribution in [0.2, 0.25) is 0 Å². The summed E-state index contributed by atoms with van der Waals surface area (Å²) in [5, 5.41) is 3.08. The first-order valence-electron chi connectivity index (χ1n) is 8.39. The highest BCUT2D eigenvalue weighted by Crippen LogP contribution is 2.42. The number of carbonyl (C=O) groups excluding carboxylic acids is 1. The Morgan fingerprint density at radius 3 is 3.00 bits per heavy atom. The number of rotatable bonds is 5. The Morgan fingerprint density at radius 1 is 1.28 bits per heavy atom. The maximum Gasteiger partial charge on any atom is 0.261 e. The highest BCUT2D eigenvalue weighted by molar-refractivity contribution is 7.17. The number of thiophene rings is 1. The number of aryl methyl sites for hydroxylation is 1. The SMILES string of the molecule is C[C@H](CCc1ccco1)NC(=O)c1cc2c(s1)-c1ccccc1OC2. The van der Waals surface area contributed by atoms with Crippen molar-refractivity contribution in [3.05, 3.63) is 64.9 Å². The van der Waals surface area contributed by atoms with Gasteiger partial charge in [0.2, 0.25) is 0 Å². The topological polar surface area (TPSA) is 51.5 Å². The van der Waals surface area contributed by atoms with E-state index in [1.165, 1.54) is 11.3 Å². The first-order chi connectivity index (χ1) is 12.2. The molecule has 4 nitrogen and oxygen atoms in total. The van der Waals surface area contributed by atoms with Crippen molar-refractivity contribution in [1.29, 1.82) is 0 Å². The van der Waals surface area contributed by atoms with E-state index in [1.54, 1.807) is 6.26 Å². The summed E-state index contributed by atoms with van der Waals surface area (Å²) in [5.74, 6) is 1.81. The largest absolute Gasteiger partial charge is 0.488 e. The molecular formula is C20H19NO3S. The Morgan fingerprint density at radius 2 is 2.16 bits per heavy atom. The average molecular weight is 353 g/mol. The minimum atomic E-state index is -0.0242. The summed E-state index contributed by atoms with van der Waals surface area (Å²) >= 11 is 1.53. The lowest BCUT2D eigenvalue weighted by Gasteiger charge is -2.16. The van der Waals surface area contributed by atoms with E-state index >= 15 is 0 Å². The van der Waals surface area contributed by atoms with Gasteiger partial charge in [0.1, 0.15) is 18.1 Å². The van der Waals surface area contributed by atoms with E-state index in [1.807, 2.05) is 49.4 Å². The molecule has 128 valence electrons. The van der Waals surface area contributed by atoms with Crippen LogP contribution in [-0.2, 0) is 13.0 Å². The van der Waals surface area contributed by atoms with Crippen molar-refractivity contribution >= 4 is 17.2 Å². The molecule has 4 rings (SSSR count). The molecule has 1 aromatic carbocycles. The van der Waals surface area contributed by atoms with E-state index in [0.717, 1.165) is 45.2 Å². The summed E-state index contributed by atoms with van der Waals surface area (Å²) in [7, 11) is 0. The zero-order chi connectivity index (χ0) is 17.2. The number of amides is 1. The summed E-state index contributed by atoms with van der Waals surface area (Å²) in [4.78, 5) is 14.4. The molecule has 2 aromatic heterocycles. The maximum absolute atomic E-state index is 12.6. The van der Waals surface area contributed by atoms with Gasteiger partial charge in [-0.05, 0) is 43.7 Å². The number of para-hydroxylation sites is 1. The second-order valence-corrected chi connectivity index (χ2v) is 7.29. The molecule has 0 radical (unpaired) electrons. The standard InChI is InChI=1S/C20H19NO3S/c1-13(8-9-15-5-4-10-23-15)21-20(22)18-11-14-12-24-17-7-3-2-6-16(17)19(14)25-18/h2-7,10-11,13H,8-9,12H2,1H3,(H,21,22)/t13-/m1/s1. The molecule has 5 heteroatoms. The Bertz CT molecular complexity index is 882. The van der Waals surface area contributed by atoms with Crippen LogP contribution in [0.1, 0.15) is 34.3 Å². The maximum atomic E-state index is 12.6. The summed E-state index contributed by atoms with van der Waals surface area (Å²) in [6.07, 6.45) is 3.33. The number of carbonyl (C=O) groups is 1. The third kappa shape index (κ3) is 3.33. The van der Waals surface area contributed by atoms with E-state index in [4.69, 9.17) is 9.15 Å². The van der Waals surface area contributed by atoms with Gasteiger partial charge in [-0.15, -0.1) is 11.3 Å². The molecular weight excluding hydrogens is 334 g/mol. The van der Waals surface area contributed by atoms with Crippen LogP contribution in [0, 0.1) is 0 Å². The van der Waals surface area contributed by atoms with Crippen LogP contribution in [0.5, 0.6) is 5.75 Å². The van der Waals surface area contributed by atoms with Crippen LogP contribution in [-0.4, -0.2) is 11.9 Å². The average Bonchev–Trinajstić information content (AvgIpc) is 3.29. The lowest BCUT2D eigenvalue weighted by Crippen LogP contribution is -2.32. The van der Waals surface area contributed by atoms with Crippen molar-refractivity contribution in [1.82, 2.24) is 5.32 Å². The number of benzene rings is 1. The van der Waals surface area contributed by atoms with E-state index in [-0.39, 0.29) is 11.9 Å². The monoisotopic (exact) mass is 353 g/mol. The molecule has 0 spiro atoms. The molecule has 25 heavy (non-hydrogen) atoms. The van der Waals surface area contributed by atoms with Gasteiger partial charge in [0.25, 0.3) is 5.91 Å². The molecule has 1 aliphatic heterocycles. The smallest absolute Gasteiger partial charge is 0.261 e. The third-order valence-electron chi connectivity index (χ3n) is 4.33. The molecule has 1 amide bonds. The molecule has 1 atom stereocenters. The van der Waals surface area contributed by atoms with Crippen LogP contribution in [0.4, 0.5) is 0 Å². The predicted octanol–water partition coefficient (Wildman–Crippen LogP) is 4.65. The van der Waals surface area contributed by atoms with Gasteiger partial charge in [0.15, 0.2) is 0 Å². The molecule has 1 aliphatic rings. The van der Waals surface area contributed by atoms with Crippen molar-refractivity contribution in [2.75, 3.05) is 0 Å². The number of nitrogens with one attached hydrogen (secondary N) is 1. The lowest BCUT2D eigenvalue weighted by molar-refractivity contribution is 0.0942. The molecule has 0 fully saturated rings. The lowest BCUT2D eigenvalue weighted by atomic mass is 10.1. The van der Waals surface area contributed by atoms with Crippen molar-refractivity contribution in [3.8, 4) is 16.2 Å². The van der Waals surface area contributed by atoms with E-state index in [9.17, 15) is 4.79 Å². The summed E-state index contributed by atoms with van der Waals surface area (Å²) < 4.78 is 11.1. The van der Waals surface area contributed by atoms with Crippen LogP contribution >= 0.6 is 11.3 Å². The highest BCUT2D eigenvalue weighted by atomic mass is 32.1. The summed E-state index contributed by atoms with van der Waals surface area (Å²) in [6.45, 7) is 2.54. The molecule has 0 saturated heterocycles. The Hall–Kier alpha value is -2.53. The van der Waals surface area contributed by atoms with Crippen molar-refractivity contribution in [2.45, 2.75) is 32.4 Å². The van der Waals surface area contributed by atoms with E-state index in [2.05, 4.69) is 5.32 Å². The van der Waals surface area contributed by atoms with E-state index < -0.39 is 0 Å². The van der Waals surface area contributed by atoms with Crippen LogP contribution < -0.4 is 10.1 Å². The fraction of sp³-hybridized carbons (Fsp3) is 0.250. The van der Waals surface area contributed by atoms with Gasteiger partial charge < -0.3 is 14.5 Å². The molecule has 3 heterocycles. The van der Waals surface area contributed by atoms with Gasteiger partial charge in [-0.2, -0.15) is 0 Å².